The molecule has 0 spiro atoms. The summed E-state index contributed by atoms with van der Waals surface area (Å²) in [7, 11) is 0. The topological polar surface area (TPSA) is 78.9 Å². The van der Waals surface area contributed by atoms with E-state index in [-0.39, 0.29) is 31.1 Å². The molecule has 0 N–H and O–H groups in total. The second-order valence-corrected chi connectivity index (χ2v) is 18.2. The smallest absolute Gasteiger partial charge is 0.306 e. The van der Waals surface area contributed by atoms with Crippen molar-refractivity contribution < 1.29 is 28.6 Å². The maximum absolute atomic E-state index is 12.8. The zero-order valence-electron chi connectivity index (χ0n) is 40.5. The molecule has 60 heavy (non-hydrogen) atoms. The highest BCUT2D eigenvalue weighted by Crippen LogP contribution is 2.16. The number of hydrogen-bond acceptors (Lipinski definition) is 6. The van der Waals surface area contributed by atoms with Gasteiger partial charge in [-0.05, 0) is 44.9 Å². The summed E-state index contributed by atoms with van der Waals surface area (Å²) in [6, 6.07) is 0. The maximum atomic E-state index is 12.8. The molecule has 0 fully saturated rings. The number of ether oxygens (including phenoxy) is 3. The van der Waals surface area contributed by atoms with Crippen LogP contribution in [-0.4, -0.2) is 37.2 Å². The highest BCUT2D eigenvalue weighted by molar-refractivity contribution is 5.71. The fourth-order valence-electron chi connectivity index (χ4n) is 7.97. The Balaban J connectivity index is 4.29. The van der Waals surface area contributed by atoms with E-state index in [1.54, 1.807) is 0 Å². The molecule has 6 nitrogen and oxygen atoms in total. The number of unbranched alkanes of at least 4 members (excludes halogenated alkanes) is 36. The average molecular weight is 847 g/mol. The van der Waals surface area contributed by atoms with Crippen LogP contribution in [0.4, 0.5) is 0 Å². The first-order valence-corrected chi connectivity index (χ1v) is 26.7. The minimum absolute atomic E-state index is 0.0660. The molecule has 0 bridgehead atoms. The zero-order valence-corrected chi connectivity index (χ0v) is 40.5. The summed E-state index contributed by atoms with van der Waals surface area (Å²) < 4.78 is 16.8. The molecule has 0 aliphatic rings. The summed E-state index contributed by atoms with van der Waals surface area (Å²) in [6.45, 7) is 6.66. The summed E-state index contributed by atoms with van der Waals surface area (Å²) in [5.41, 5.74) is 0. The van der Waals surface area contributed by atoms with Gasteiger partial charge in [0.05, 0.1) is 0 Å². The van der Waals surface area contributed by atoms with Crippen LogP contribution in [0.25, 0.3) is 0 Å². The van der Waals surface area contributed by atoms with Crippen LogP contribution in [-0.2, 0) is 28.6 Å². The van der Waals surface area contributed by atoms with Crippen LogP contribution in [0, 0.1) is 0 Å². The standard InChI is InChI=1S/C54H102O6/c1-4-7-10-13-16-19-22-24-25-26-27-28-30-32-35-38-41-44-47-53(56)59-50-51(49-58-52(55)46-43-40-37-34-31-21-18-15-12-9-6-3)60-54(57)48-45-42-39-36-33-29-23-20-17-14-11-8-5-2/h25-26,51H,4-24,27-50H2,1-3H3/b26-25-. The van der Waals surface area contributed by atoms with Gasteiger partial charge in [-0.2, -0.15) is 0 Å². The predicted molar refractivity (Wildman–Crippen MR) is 256 cm³/mol. The number of hydrogen-bond donors (Lipinski definition) is 0. The highest BCUT2D eigenvalue weighted by Gasteiger charge is 2.19. The first-order valence-electron chi connectivity index (χ1n) is 26.7. The quantitative estimate of drug-likeness (QED) is 0.0263. The Morgan fingerprint density at radius 1 is 0.317 bits per heavy atom. The molecule has 0 saturated carbocycles. The molecule has 354 valence electrons. The van der Waals surface area contributed by atoms with E-state index in [4.69, 9.17) is 14.2 Å². The molecule has 0 rings (SSSR count). The lowest BCUT2D eigenvalue weighted by atomic mass is 10.0. The van der Waals surface area contributed by atoms with E-state index >= 15 is 0 Å². The van der Waals surface area contributed by atoms with Crippen molar-refractivity contribution in [2.24, 2.45) is 0 Å². The van der Waals surface area contributed by atoms with Crippen LogP contribution in [0.2, 0.25) is 0 Å². The molecule has 0 aromatic carbocycles. The monoisotopic (exact) mass is 847 g/mol. The molecule has 0 radical (unpaired) electrons. The molecule has 0 aromatic heterocycles. The van der Waals surface area contributed by atoms with E-state index in [0.717, 1.165) is 57.8 Å². The Labute approximate surface area is 373 Å². The third-order valence-corrected chi connectivity index (χ3v) is 12.0. The van der Waals surface area contributed by atoms with E-state index in [1.807, 2.05) is 0 Å². The Kier molecular flexibility index (Phi) is 48.3. The van der Waals surface area contributed by atoms with Crippen LogP contribution in [0.1, 0.15) is 297 Å². The first-order chi connectivity index (χ1) is 29.5. The van der Waals surface area contributed by atoms with Crippen molar-refractivity contribution in [1.82, 2.24) is 0 Å². The van der Waals surface area contributed by atoms with E-state index in [1.165, 1.54) is 199 Å². The van der Waals surface area contributed by atoms with E-state index in [0.29, 0.717) is 19.3 Å². The minimum Gasteiger partial charge on any atom is -0.462 e. The van der Waals surface area contributed by atoms with Gasteiger partial charge in [0.25, 0.3) is 0 Å². The SMILES string of the molecule is CCCCCCCCC/C=C\CCCCCCCCCC(=O)OCC(COC(=O)CCCCCCCCCCCCC)OC(=O)CCCCCCCCCCCCCCC. The van der Waals surface area contributed by atoms with E-state index < -0.39 is 6.10 Å². The van der Waals surface area contributed by atoms with Crippen LogP contribution in [0.5, 0.6) is 0 Å². The molecule has 0 aliphatic heterocycles. The molecule has 1 atom stereocenters. The van der Waals surface area contributed by atoms with Gasteiger partial charge in [0.1, 0.15) is 13.2 Å². The lowest BCUT2D eigenvalue weighted by molar-refractivity contribution is -0.167. The average Bonchev–Trinajstić information content (AvgIpc) is 3.24. The molecular formula is C54H102O6. The summed E-state index contributed by atoms with van der Waals surface area (Å²) in [5.74, 6) is -0.853. The summed E-state index contributed by atoms with van der Waals surface area (Å²) in [5, 5.41) is 0. The molecule has 0 saturated heterocycles. The molecule has 6 heteroatoms. The van der Waals surface area contributed by atoms with E-state index in [9.17, 15) is 14.4 Å². The van der Waals surface area contributed by atoms with Gasteiger partial charge in [0, 0.05) is 19.3 Å². The van der Waals surface area contributed by atoms with Gasteiger partial charge in [-0.1, -0.05) is 245 Å². The Morgan fingerprint density at radius 3 is 0.833 bits per heavy atom. The summed E-state index contributed by atoms with van der Waals surface area (Å²) >= 11 is 0. The van der Waals surface area contributed by atoms with Gasteiger partial charge in [-0.25, -0.2) is 0 Å². The number of carbonyl (C=O) groups excluding carboxylic acids is 3. The maximum Gasteiger partial charge on any atom is 0.306 e. The summed E-state index contributed by atoms with van der Waals surface area (Å²) in [6.07, 6.45) is 54.8. The molecule has 1 unspecified atom stereocenters. The lowest BCUT2D eigenvalue weighted by Gasteiger charge is -2.18. The van der Waals surface area contributed by atoms with Gasteiger partial charge >= 0.3 is 17.9 Å². The van der Waals surface area contributed by atoms with E-state index in [2.05, 4.69) is 32.9 Å². The number of allylic oxidation sites excluding steroid dienone is 2. The Bertz CT molecular complexity index is 931. The van der Waals surface area contributed by atoms with Crippen molar-refractivity contribution in [1.29, 1.82) is 0 Å². The molecular weight excluding hydrogens is 745 g/mol. The lowest BCUT2D eigenvalue weighted by Crippen LogP contribution is -2.30. The normalized spacial score (nSPS) is 12.0. The van der Waals surface area contributed by atoms with Crippen LogP contribution in [0.3, 0.4) is 0 Å². The number of esters is 3. The molecule has 0 aromatic rings. The van der Waals surface area contributed by atoms with Gasteiger partial charge < -0.3 is 14.2 Å². The Hall–Kier alpha value is -1.85. The fourth-order valence-corrected chi connectivity index (χ4v) is 7.97. The zero-order chi connectivity index (χ0) is 43.7. The van der Waals surface area contributed by atoms with Gasteiger partial charge in [0.15, 0.2) is 6.10 Å². The van der Waals surface area contributed by atoms with Crippen molar-refractivity contribution in [3.05, 3.63) is 12.2 Å². The number of rotatable bonds is 49. The predicted octanol–water partition coefficient (Wildman–Crippen LogP) is 17.4. The summed E-state index contributed by atoms with van der Waals surface area (Å²) in [4.78, 5) is 37.9. The molecule has 0 heterocycles. The fraction of sp³-hybridized carbons (Fsp3) is 0.907. The van der Waals surface area contributed by atoms with Crippen LogP contribution in [0.15, 0.2) is 12.2 Å². The van der Waals surface area contributed by atoms with Crippen molar-refractivity contribution in [3.63, 3.8) is 0 Å². The third kappa shape index (κ3) is 47.2. The van der Waals surface area contributed by atoms with Crippen LogP contribution < -0.4 is 0 Å². The highest BCUT2D eigenvalue weighted by atomic mass is 16.6. The molecule has 0 aliphatic carbocycles. The van der Waals surface area contributed by atoms with Gasteiger partial charge in [-0.3, -0.25) is 14.4 Å². The third-order valence-electron chi connectivity index (χ3n) is 12.0. The second-order valence-electron chi connectivity index (χ2n) is 18.2. The largest absolute Gasteiger partial charge is 0.462 e. The van der Waals surface area contributed by atoms with Gasteiger partial charge in [-0.15, -0.1) is 0 Å². The second kappa shape index (κ2) is 49.8. The Morgan fingerprint density at radius 2 is 0.550 bits per heavy atom. The number of carbonyl (C=O) groups is 3. The van der Waals surface area contributed by atoms with Gasteiger partial charge in [0.2, 0.25) is 0 Å². The minimum atomic E-state index is -0.764. The van der Waals surface area contributed by atoms with Crippen molar-refractivity contribution >= 4 is 17.9 Å². The van der Waals surface area contributed by atoms with Crippen molar-refractivity contribution in [2.75, 3.05) is 13.2 Å². The van der Waals surface area contributed by atoms with Crippen molar-refractivity contribution in [3.8, 4) is 0 Å². The molecule has 0 amide bonds. The van der Waals surface area contributed by atoms with Crippen molar-refractivity contribution in [2.45, 2.75) is 303 Å². The van der Waals surface area contributed by atoms with Crippen LogP contribution >= 0.6 is 0 Å². The first kappa shape index (κ1) is 58.1.